The highest BCUT2D eigenvalue weighted by Gasteiger charge is 2.21. The van der Waals surface area contributed by atoms with Crippen LogP contribution >= 0.6 is 0 Å². The van der Waals surface area contributed by atoms with Crippen molar-refractivity contribution >= 4 is 17.8 Å². The number of aromatic hydroxyl groups is 1. The van der Waals surface area contributed by atoms with Gasteiger partial charge >= 0.3 is 0 Å². The summed E-state index contributed by atoms with van der Waals surface area (Å²) in [5.74, 6) is 1.11. The first-order valence-corrected chi connectivity index (χ1v) is 8.54. The van der Waals surface area contributed by atoms with E-state index in [9.17, 15) is 9.90 Å². The number of benzene rings is 1. The van der Waals surface area contributed by atoms with Crippen molar-refractivity contribution in [1.29, 1.82) is 0 Å². The van der Waals surface area contributed by atoms with Crippen molar-refractivity contribution in [3.05, 3.63) is 48.2 Å². The highest BCUT2D eigenvalue weighted by molar-refractivity contribution is 5.92. The Morgan fingerprint density at radius 1 is 1.42 bits per heavy atom. The Labute approximate surface area is 152 Å². The number of hydrogen-bond donors (Lipinski definition) is 2. The largest absolute Gasteiger partial charge is 0.504 e. The molecule has 2 aromatic rings. The number of carbonyl (C=O) groups excluding carboxylic acids is 1. The van der Waals surface area contributed by atoms with Crippen molar-refractivity contribution < 1.29 is 14.6 Å². The van der Waals surface area contributed by atoms with Crippen LogP contribution in [-0.4, -0.2) is 47.5 Å². The lowest BCUT2D eigenvalue weighted by Crippen LogP contribution is -2.47. The SMILES string of the molecule is COc1ccc(/C=C/C(=O)NC2CCCN(c3cccnn3)C2)cc1O. The fourth-order valence-electron chi connectivity index (χ4n) is 3.00. The number of amides is 1. The second kappa shape index (κ2) is 8.33. The smallest absolute Gasteiger partial charge is 0.244 e. The van der Waals surface area contributed by atoms with Gasteiger partial charge in [0.1, 0.15) is 0 Å². The van der Waals surface area contributed by atoms with Crippen LogP contribution in [-0.2, 0) is 4.79 Å². The van der Waals surface area contributed by atoms with Crippen LogP contribution in [0.1, 0.15) is 18.4 Å². The molecule has 1 aliphatic heterocycles. The number of aromatic nitrogens is 2. The molecular weight excluding hydrogens is 332 g/mol. The molecule has 1 aliphatic rings. The molecule has 2 N–H and O–H groups in total. The summed E-state index contributed by atoms with van der Waals surface area (Å²) in [7, 11) is 1.49. The Kier molecular flexibility index (Phi) is 5.68. The first-order valence-electron chi connectivity index (χ1n) is 8.54. The van der Waals surface area contributed by atoms with E-state index in [-0.39, 0.29) is 17.7 Å². The maximum absolute atomic E-state index is 12.2. The molecule has 7 nitrogen and oxygen atoms in total. The molecule has 1 aromatic carbocycles. The van der Waals surface area contributed by atoms with Gasteiger partial charge in [-0.15, -0.1) is 5.10 Å². The second-order valence-corrected chi connectivity index (χ2v) is 6.14. The predicted molar refractivity (Wildman–Crippen MR) is 99.1 cm³/mol. The number of hydrogen-bond acceptors (Lipinski definition) is 6. The van der Waals surface area contributed by atoms with E-state index >= 15 is 0 Å². The molecule has 2 heterocycles. The third-order valence-electron chi connectivity index (χ3n) is 4.28. The average Bonchev–Trinajstić information content (AvgIpc) is 2.67. The molecule has 3 rings (SSSR count). The van der Waals surface area contributed by atoms with Crippen LogP contribution in [0.2, 0.25) is 0 Å². The summed E-state index contributed by atoms with van der Waals surface area (Å²) in [6, 6.07) is 8.84. The van der Waals surface area contributed by atoms with Gasteiger partial charge in [-0.25, -0.2) is 0 Å². The number of anilines is 1. The van der Waals surface area contributed by atoms with Gasteiger partial charge in [0.2, 0.25) is 5.91 Å². The highest BCUT2D eigenvalue weighted by atomic mass is 16.5. The molecule has 0 aliphatic carbocycles. The average molecular weight is 354 g/mol. The van der Waals surface area contributed by atoms with Crippen LogP contribution in [0.3, 0.4) is 0 Å². The molecule has 1 atom stereocenters. The van der Waals surface area contributed by atoms with Gasteiger partial charge in [0.25, 0.3) is 0 Å². The van der Waals surface area contributed by atoms with E-state index in [1.54, 1.807) is 30.5 Å². The number of phenolic OH excluding ortho intramolecular Hbond substituents is 1. The third kappa shape index (κ3) is 4.50. The van der Waals surface area contributed by atoms with E-state index in [0.29, 0.717) is 12.3 Å². The van der Waals surface area contributed by atoms with Crippen molar-refractivity contribution in [1.82, 2.24) is 15.5 Å². The van der Waals surface area contributed by atoms with Gasteiger partial charge in [-0.2, -0.15) is 5.10 Å². The standard InChI is InChI=1S/C19H22N4O3/c1-26-17-8-6-14(12-16(17)24)7-9-19(25)21-15-4-3-11-23(13-15)18-5-2-10-20-22-18/h2,5-10,12,15,24H,3-4,11,13H2,1H3,(H,21,25)/b9-7+. The lowest BCUT2D eigenvalue weighted by Gasteiger charge is -2.33. The van der Waals surface area contributed by atoms with Crippen LogP contribution in [0.25, 0.3) is 6.08 Å². The number of nitrogens with zero attached hydrogens (tertiary/aromatic N) is 3. The summed E-state index contributed by atoms with van der Waals surface area (Å²) < 4.78 is 5.01. The van der Waals surface area contributed by atoms with Gasteiger partial charge in [0.15, 0.2) is 17.3 Å². The quantitative estimate of drug-likeness (QED) is 0.799. The Hall–Kier alpha value is -3.09. The molecule has 0 spiro atoms. The summed E-state index contributed by atoms with van der Waals surface area (Å²) >= 11 is 0. The summed E-state index contributed by atoms with van der Waals surface area (Å²) in [6.45, 7) is 1.62. The summed E-state index contributed by atoms with van der Waals surface area (Å²) in [5, 5.41) is 20.8. The fourth-order valence-corrected chi connectivity index (χ4v) is 3.00. The van der Waals surface area contributed by atoms with Crippen molar-refractivity contribution in [3.8, 4) is 11.5 Å². The van der Waals surface area contributed by atoms with Gasteiger partial charge in [0.05, 0.1) is 7.11 Å². The van der Waals surface area contributed by atoms with Gasteiger partial charge in [0, 0.05) is 31.4 Å². The van der Waals surface area contributed by atoms with E-state index in [1.165, 1.54) is 13.2 Å². The number of methoxy groups -OCH3 is 1. The summed E-state index contributed by atoms with van der Waals surface area (Å²) in [5.41, 5.74) is 0.725. The molecule has 1 amide bonds. The molecule has 1 fully saturated rings. The van der Waals surface area contributed by atoms with Crippen molar-refractivity contribution in [2.45, 2.75) is 18.9 Å². The summed E-state index contributed by atoms with van der Waals surface area (Å²) in [6.07, 6.45) is 6.70. The zero-order chi connectivity index (χ0) is 18.4. The lowest BCUT2D eigenvalue weighted by molar-refractivity contribution is -0.117. The van der Waals surface area contributed by atoms with Gasteiger partial charge in [-0.3, -0.25) is 4.79 Å². The first-order chi connectivity index (χ1) is 12.7. The molecule has 136 valence electrons. The van der Waals surface area contributed by atoms with Crippen molar-refractivity contribution in [2.24, 2.45) is 0 Å². The van der Waals surface area contributed by atoms with E-state index in [2.05, 4.69) is 20.4 Å². The van der Waals surface area contributed by atoms with Crippen LogP contribution in [0.15, 0.2) is 42.6 Å². The number of ether oxygens (including phenoxy) is 1. The Balaban J connectivity index is 1.56. The maximum atomic E-state index is 12.2. The minimum atomic E-state index is -0.161. The first kappa shape index (κ1) is 17.7. The van der Waals surface area contributed by atoms with Gasteiger partial charge in [-0.05, 0) is 48.7 Å². The summed E-state index contributed by atoms with van der Waals surface area (Å²) in [4.78, 5) is 14.3. The minimum absolute atomic E-state index is 0.0435. The topological polar surface area (TPSA) is 87.6 Å². The number of carbonyl (C=O) groups is 1. The minimum Gasteiger partial charge on any atom is -0.504 e. The monoisotopic (exact) mass is 354 g/mol. The Morgan fingerprint density at radius 3 is 3.04 bits per heavy atom. The molecular formula is C19H22N4O3. The number of rotatable bonds is 5. The Bertz CT molecular complexity index is 780. The predicted octanol–water partition coefficient (Wildman–Crippen LogP) is 1.99. The zero-order valence-electron chi connectivity index (χ0n) is 14.6. The van der Waals surface area contributed by atoms with Gasteiger partial charge < -0.3 is 20.1 Å². The lowest BCUT2D eigenvalue weighted by atomic mass is 10.1. The number of nitrogens with one attached hydrogen (secondary N) is 1. The molecule has 0 saturated carbocycles. The van der Waals surface area contributed by atoms with Crippen molar-refractivity contribution in [2.75, 3.05) is 25.1 Å². The van der Waals surface area contributed by atoms with E-state index < -0.39 is 0 Å². The molecule has 7 heteroatoms. The van der Waals surface area contributed by atoms with Crippen LogP contribution in [0, 0.1) is 0 Å². The molecule has 1 aromatic heterocycles. The fraction of sp³-hybridized carbons (Fsp3) is 0.316. The third-order valence-corrected chi connectivity index (χ3v) is 4.28. The van der Waals surface area contributed by atoms with E-state index in [4.69, 9.17) is 4.74 Å². The molecule has 1 saturated heterocycles. The molecule has 0 radical (unpaired) electrons. The second-order valence-electron chi connectivity index (χ2n) is 6.14. The highest BCUT2D eigenvalue weighted by Crippen LogP contribution is 2.26. The maximum Gasteiger partial charge on any atom is 0.244 e. The zero-order valence-corrected chi connectivity index (χ0v) is 14.6. The van der Waals surface area contributed by atoms with Gasteiger partial charge in [-0.1, -0.05) is 6.07 Å². The van der Waals surface area contributed by atoms with Crippen molar-refractivity contribution in [3.63, 3.8) is 0 Å². The number of phenols is 1. The van der Waals surface area contributed by atoms with E-state index in [1.807, 2.05) is 12.1 Å². The number of piperidine rings is 1. The normalized spacial score (nSPS) is 17.3. The van der Waals surface area contributed by atoms with Crippen LogP contribution in [0.4, 0.5) is 5.82 Å². The van der Waals surface area contributed by atoms with Crippen LogP contribution < -0.4 is 15.0 Å². The molecule has 0 bridgehead atoms. The molecule has 1 unspecified atom stereocenters. The van der Waals surface area contributed by atoms with Crippen LogP contribution in [0.5, 0.6) is 11.5 Å². The van der Waals surface area contributed by atoms with E-state index in [0.717, 1.165) is 30.8 Å². The Morgan fingerprint density at radius 2 is 2.31 bits per heavy atom. The molecule has 26 heavy (non-hydrogen) atoms.